The fourth-order valence-corrected chi connectivity index (χ4v) is 2.86. The first-order valence-electron chi connectivity index (χ1n) is 8.34. The number of rotatable bonds is 4. The molecule has 1 fully saturated rings. The second kappa shape index (κ2) is 7.85. The summed E-state index contributed by atoms with van der Waals surface area (Å²) in [5, 5.41) is 0.612. The normalized spacial score (nSPS) is 14.6. The maximum atomic E-state index is 12.5. The van der Waals surface area contributed by atoms with Gasteiger partial charge in [-0.2, -0.15) is 0 Å². The fourth-order valence-electron chi connectivity index (χ4n) is 2.69. The number of pyridine rings is 1. The summed E-state index contributed by atoms with van der Waals surface area (Å²) in [6, 6.07) is 9.07. The summed E-state index contributed by atoms with van der Waals surface area (Å²) in [5.74, 6) is 0.700. The molecular weight excluding hydrogens is 340 g/mol. The summed E-state index contributed by atoms with van der Waals surface area (Å²) in [7, 11) is 0. The maximum absolute atomic E-state index is 12.5. The third kappa shape index (κ3) is 4.30. The van der Waals surface area contributed by atoms with Crippen molar-refractivity contribution in [2.45, 2.75) is 20.0 Å². The first-order chi connectivity index (χ1) is 12.0. The van der Waals surface area contributed by atoms with Crippen molar-refractivity contribution in [3.05, 3.63) is 47.1 Å². The van der Waals surface area contributed by atoms with Crippen molar-refractivity contribution in [2.24, 2.45) is 0 Å². The van der Waals surface area contributed by atoms with Gasteiger partial charge in [-0.25, -0.2) is 0 Å². The third-order valence-electron chi connectivity index (χ3n) is 3.89. The molecule has 0 saturated carbocycles. The van der Waals surface area contributed by atoms with E-state index in [1.165, 1.54) is 0 Å². The van der Waals surface area contributed by atoms with E-state index >= 15 is 0 Å². The summed E-state index contributed by atoms with van der Waals surface area (Å²) in [4.78, 5) is 18.7. The first-order valence-corrected chi connectivity index (χ1v) is 8.72. The van der Waals surface area contributed by atoms with E-state index in [1.807, 2.05) is 32.0 Å². The predicted octanol–water partition coefficient (Wildman–Crippen LogP) is 3.66. The lowest BCUT2D eigenvalue weighted by atomic mass is 10.1. The van der Waals surface area contributed by atoms with Crippen molar-refractivity contribution >= 4 is 17.5 Å². The number of benzene rings is 1. The molecule has 1 aliphatic heterocycles. The summed E-state index contributed by atoms with van der Waals surface area (Å²) in [6.45, 7) is 6.32. The summed E-state index contributed by atoms with van der Waals surface area (Å²) >= 11 is 6.13. The molecule has 5 nitrogen and oxygen atoms in total. The van der Waals surface area contributed by atoms with Gasteiger partial charge in [-0.3, -0.25) is 9.78 Å². The van der Waals surface area contributed by atoms with Crippen molar-refractivity contribution in [1.82, 2.24) is 9.88 Å². The van der Waals surface area contributed by atoms with Gasteiger partial charge in [-0.15, -0.1) is 0 Å². The molecule has 1 aromatic heterocycles. The summed E-state index contributed by atoms with van der Waals surface area (Å²) in [6.07, 6.45) is 1.65. The molecule has 0 radical (unpaired) electrons. The lowest BCUT2D eigenvalue weighted by Crippen LogP contribution is -2.40. The average molecular weight is 361 g/mol. The van der Waals surface area contributed by atoms with Crippen LogP contribution in [-0.4, -0.2) is 48.2 Å². The van der Waals surface area contributed by atoms with E-state index in [4.69, 9.17) is 21.1 Å². The zero-order chi connectivity index (χ0) is 17.8. The number of nitrogens with zero attached hydrogens (tertiary/aromatic N) is 2. The number of ether oxygens (including phenoxy) is 2. The Morgan fingerprint density at radius 2 is 2.00 bits per heavy atom. The number of carbonyl (C=O) groups excluding carboxylic acids is 1. The lowest BCUT2D eigenvalue weighted by molar-refractivity contribution is 0.0302. The minimum atomic E-state index is -0.0212. The zero-order valence-electron chi connectivity index (χ0n) is 14.4. The van der Waals surface area contributed by atoms with Crippen LogP contribution in [0.3, 0.4) is 0 Å². The van der Waals surface area contributed by atoms with Crippen LogP contribution in [0.4, 0.5) is 0 Å². The summed E-state index contributed by atoms with van der Waals surface area (Å²) in [5.41, 5.74) is 2.10. The van der Waals surface area contributed by atoms with E-state index < -0.39 is 0 Å². The van der Waals surface area contributed by atoms with Crippen LogP contribution in [0.15, 0.2) is 36.5 Å². The van der Waals surface area contributed by atoms with Gasteiger partial charge in [0.05, 0.1) is 30.6 Å². The van der Waals surface area contributed by atoms with Crippen molar-refractivity contribution in [1.29, 1.82) is 0 Å². The second-order valence-electron chi connectivity index (χ2n) is 6.14. The van der Waals surface area contributed by atoms with E-state index in [2.05, 4.69) is 4.98 Å². The van der Waals surface area contributed by atoms with Gasteiger partial charge in [0.15, 0.2) is 0 Å². The smallest absolute Gasteiger partial charge is 0.255 e. The minimum absolute atomic E-state index is 0.0212. The van der Waals surface area contributed by atoms with Crippen LogP contribution in [0.1, 0.15) is 24.2 Å². The average Bonchev–Trinajstić information content (AvgIpc) is 2.63. The Labute approximate surface area is 152 Å². The molecule has 0 spiro atoms. The minimum Gasteiger partial charge on any atom is -0.490 e. The Kier molecular flexibility index (Phi) is 5.56. The molecule has 0 bridgehead atoms. The van der Waals surface area contributed by atoms with Crippen molar-refractivity contribution < 1.29 is 14.3 Å². The Morgan fingerprint density at radius 3 is 2.64 bits per heavy atom. The number of hydrogen-bond acceptors (Lipinski definition) is 4. The molecule has 0 unspecified atom stereocenters. The molecule has 6 heteroatoms. The SMILES string of the molecule is CC(C)Oc1ccc(Cl)cc1-c1ccc(C(=O)N2CCOCC2)cn1. The van der Waals surface area contributed by atoms with Gasteiger partial charge in [0.1, 0.15) is 5.75 Å². The molecule has 1 aliphatic rings. The highest BCUT2D eigenvalue weighted by Gasteiger charge is 2.19. The van der Waals surface area contributed by atoms with Crippen LogP contribution < -0.4 is 4.74 Å². The van der Waals surface area contributed by atoms with Gasteiger partial charge < -0.3 is 14.4 Å². The molecule has 0 N–H and O–H groups in total. The highest BCUT2D eigenvalue weighted by Crippen LogP contribution is 2.32. The number of aromatic nitrogens is 1. The monoisotopic (exact) mass is 360 g/mol. The zero-order valence-corrected chi connectivity index (χ0v) is 15.1. The number of carbonyl (C=O) groups is 1. The largest absolute Gasteiger partial charge is 0.490 e. The fraction of sp³-hybridized carbons (Fsp3) is 0.368. The number of morpholine rings is 1. The Hall–Kier alpha value is -2.11. The Balaban J connectivity index is 1.85. The predicted molar refractivity (Wildman–Crippen MR) is 97.2 cm³/mol. The molecule has 132 valence electrons. The number of halogens is 1. The van der Waals surface area contributed by atoms with E-state index in [0.29, 0.717) is 36.9 Å². The molecule has 1 aromatic carbocycles. The second-order valence-corrected chi connectivity index (χ2v) is 6.58. The van der Waals surface area contributed by atoms with Gasteiger partial charge in [-0.1, -0.05) is 11.6 Å². The third-order valence-corrected chi connectivity index (χ3v) is 4.12. The molecule has 25 heavy (non-hydrogen) atoms. The van der Waals surface area contributed by atoms with Crippen LogP contribution in [0.5, 0.6) is 5.75 Å². The lowest BCUT2D eigenvalue weighted by Gasteiger charge is -2.26. The van der Waals surface area contributed by atoms with E-state index in [1.54, 1.807) is 23.2 Å². The highest BCUT2D eigenvalue weighted by atomic mass is 35.5. The maximum Gasteiger partial charge on any atom is 0.255 e. The van der Waals surface area contributed by atoms with Gasteiger partial charge in [0.2, 0.25) is 0 Å². The van der Waals surface area contributed by atoms with Crippen LogP contribution in [-0.2, 0) is 4.74 Å². The molecule has 1 saturated heterocycles. The first kappa shape index (κ1) is 17.7. The van der Waals surface area contributed by atoms with Crippen LogP contribution >= 0.6 is 11.6 Å². The molecule has 2 heterocycles. The van der Waals surface area contributed by atoms with Crippen molar-refractivity contribution in [3.8, 4) is 17.0 Å². The van der Waals surface area contributed by atoms with Crippen molar-refractivity contribution in [2.75, 3.05) is 26.3 Å². The molecule has 1 amide bonds. The van der Waals surface area contributed by atoms with E-state index in [0.717, 1.165) is 17.0 Å². The van der Waals surface area contributed by atoms with Crippen LogP contribution in [0.25, 0.3) is 11.3 Å². The van der Waals surface area contributed by atoms with Gasteiger partial charge in [0.25, 0.3) is 5.91 Å². The Bertz CT molecular complexity index is 741. The van der Waals surface area contributed by atoms with Crippen LogP contribution in [0.2, 0.25) is 5.02 Å². The molecule has 0 atom stereocenters. The van der Waals surface area contributed by atoms with Crippen LogP contribution in [0, 0.1) is 0 Å². The Morgan fingerprint density at radius 1 is 1.24 bits per heavy atom. The van der Waals surface area contributed by atoms with Gasteiger partial charge in [0, 0.05) is 29.9 Å². The van der Waals surface area contributed by atoms with E-state index in [-0.39, 0.29) is 12.0 Å². The molecule has 3 rings (SSSR count). The quantitative estimate of drug-likeness (QED) is 0.834. The van der Waals surface area contributed by atoms with E-state index in [9.17, 15) is 4.79 Å². The molecular formula is C19H21ClN2O3. The van der Waals surface area contributed by atoms with Gasteiger partial charge in [-0.05, 0) is 44.2 Å². The number of hydrogen-bond donors (Lipinski definition) is 0. The molecule has 0 aliphatic carbocycles. The number of amides is 1. The topological polar surface area (TPSA) is 51.7 Å². The highest BCUT2D eigenvalue weighted by molar-refractivity contribution is 6.31. The van der Waals surface area contributed by atoms with Gasteiger partial charge >= 0.3 is 0 Å². The molecule has 2 aromatic rings. The summed E-state index contributed by atoms with van der Waals surface area (Å²) < 4.78 is 11.1. The van der Waals surface area contributed by atoms with Crippen molar-refractivity contribution in [3.63, 3.8) is 0 Å². The standard InChI is InChI=1S/C19H21ClN2O3/c1-13(2)25-18-6-4-15(20)11-16(18)17-5-3-14(12-21-17)19(23)22-7-9-24-10-8-22/h3-6,11-13H,7-10H2,1-2H3.